The van der Waals surface area contributed by atoms with E-state index in [-0.39, 0.29) is 24.4 Å². The van der Waals surface area contributed by atoms with Crippen LogP contribution in [-0.4, -0.2) is 17.6 Å². The summed E-state index contributed by atoms with van der Waals surface area (Å²) in [6.45, 7) is 0.0385. The number of nitro groups is 1. The Labute approximate surface area is 137 Å². The Hall–Kier alpha value is -3.40. The number of carbonyl (C=O) groups excluding carboxylic acids is 1. The summed E-state index contributed by atoms with van der Waals surface area (Å²) in [6, 6.07) is 12.1. The molecule has 0 spiro atoms. The van der Waals surface area contributed by atoms with E-state index in [1.807, 2.05) is 30.3 Å². The Morgan fingerprint density at radius 3 is 2.71 bits per heavy atom. The molecule has 0 aliphatic carbocycles. The average molecular weight is 328 g/mol. The minimum Gasteiger partial charge on any atom is -0.445 e. The van der Waals surface area contributed by atoms with Gasteiger partial charge in [0.15, 0.2) is 0 Å². The van der Waals surface area contributed by atoms with Crippen LogP contribution in [0.2, 0.25) is 0 Å². The molecule has 0 fully saturated rings. The lowest BCUT2D eigenvalue weighted by Crippen LogP contribution is -2.24. The number of carbonyl (C=O) groups is 1. The van der Waals surface area contributed by atoms with Crippen molar-refractivity contribution in [3.63, 3.8) is 0 Å². The van der Waals surface area contributed by atoms with Gasteiger partial charge in [0.1, 0.15) is 18.0 Å². The molecule has 0 aliphatic heterocycles. The SMILES string of the molecule is O=C(NCC#Cc1cc(F)ccc1[N+](=O)[O-])OCc1ccccc1. The fourth-order valence-corrected chi connectivity index (χ4v) is 1.80. The summed E-state index contributed by atoms with van der Waals surface area (Å²) in [5.74, 6) is 4.36. The average Bonchev–Trinajstić information content (AvgIpc) is 2.57. The van der Waals surface area contributed by atoms with Crippen molar-refractivity contribution in [2.24, 2.45) is 0 Å². The predicted molar refractivity (Wildman–Crippen MR) is 84.6 cm³/mol. The van der Waals surface area contributed by atoms with Gasteiger partial charge >= 0.3 is 6.09 Å². The number of nitrogens with zero attached hydrogens (tertiary/aromatic N) is 1. The van der Waals surface area contributed by atoms with Crippen molar-refractivity contribution < 1.29 is 18.8 Å². The molecule has 2 aromatic carbocycles. The van der Waals surface area contributed by atoms with E-state index in [0.29, 0.717) is 0 Å². The zero-order valence-electron chi connectivity index (χ0n) is 12.5. The van der Waals surface area contributed by atoms with Crippen molar-refractivity contribution in [3.8, 4) is 11.8 Å². The van der Waals surface area contributed by atoms with Crippen LogP contribution in [0.1, 0.15) is 11.1 Å². The fourth-order valence-electron chi connectivity index (χ4n) is 1.80. The van der Waals surface area contributed by atoms with Crippen molar-refractivity contribution in [1.82, 2.24) is 5.32 Å². The Balaban J connectivity index is 1.86. The van der Waals surface area contributed by atoms with Gasteiger partial charge in [-0.1, -0.05) is 42.2 Å². The Kier molecular flexibility index (Phi) is 5.86. The molecule has 24 heavy (non-hydrogen) atoms. The van der Waals surface area contributed by atoms with Crippen LogP contribution in [0.5, 0.6) is 0 Å². The molecule has 1 amide bonds. The standard InChI is InChI=1S/C17H13FN2O4/c18-15-8-9-16(20(22)23)14(11-15)7-4-10-19-17(21)24-12-13-5-2-1-3-6-13/h1-3,5-6,8-9,11H,10,12H2,(H,19,21). The van der Waals surface area contributed by atoms with E-state index in [2.05, 4.69) is 17.2 Å². The monoisotopic (exact) mass is 328 g/mol. The molecule has 0 atom stereocenters. The third kappa shape index (κ3) is 5.10. The lowest BCUT2D eigenvalue weighted by Gasteiger charge is -2.04. The highest BCUT2D eigenvalue weighted by molar-refractivity contribution is 5.67. The van der Waals surface area contributed by atoms with Gasteiger partial charge in [-0.2, -0.15) is 0 Å². The van der Waals surface area contributed by atoms with Gasteiger partial charge < -0.3 is 10.1 Å². The van der Waals surface area contributed by atoms with Crippen LogP contribution in [0.4, 0.5) is 14.9 Å². The molecule has 122 valence electrons. The quantitative estimate of drug-likeness (QED) is 0.531. The molecular weight excluding hydrogens is 315 g/mol. The molecule has 0 bridgehead atoms. The first-order valence-electron chi connectivity index (χ1n) is 6.93. The van der Waals surface area contributed by atoms with Crippen LogP contribution >= 0.6 is 0 Å². The third-order valence-electron chi connectivity index (χ3n) is 2.91. The number of benzene rings is 2. The van der Waals surface area contributed by atoms with Gasteiger partial charge in [-0.15, -0.1) is 0 Å². The molecule has 0 unspecified atom stereocenters. The first-order valence-corrected chi connectivity index (χ1v) is 6.93. The van der Waals surface area contributed by atoms with E-state index < -0.39 is 16.8 Å². The molecule has 0 radical (unpaired) electrons. The molecule has 0 heterocycles. The van der Waals surface area contributed by atoms with E-state index in [0.717, 1.165) is 23.8 Å². The number of amides is 1. The zero-order chi connectivity index (χ0) is 17.4. The van der Waals surface area contributed by atoms with Crippen molar-refractivity contribution >= 4 is 11.8 Å². The summed E-state index contributed by atoms with van der Waals surface area (Å²) in [7, 11) is 0. The maximum Gasteiger partial charge on any atom is 0.408 e. The first-order chi connectivity index (χ1) is 11.6. The summed E-state index contributed by atoms with van der Waals surface area (Å²) in [5.41, 5.74) is 0.490. The maximum absolute atomic E-state index is 13.1. The normalized spacial score (nSPS) is 9.54. The van der Waals surface area contributed by atoms with E-state index in [1.54, 1.807) is 0 Å². The van der Waals surface area contributed by atoms with E-state index in [9.17, 15) is 19.3 Å². The molecular formula is C17H13FN2O4. The van der Waals surface area contributed by atoms with Crippen molar-refractivity contribution in [2.75, 3.05) is 6.54 Å². The van der Waals surface area contributed by atoms with E-state index in [4.69, 9.17) is 4.74 Å². The largest absolute Gasteiger partial charge is 0.445 e. The molecule has 1 N–H and O–H groups in total. The summed E-state index contributed by atoms with van der Waals surface area (Å²) in [5, 5.41) is 13.2. The van der Waals surface area contributed by atoms with E-state index >= 15 is 0 Å². The number of alkyl carbamates (subject to hydrolysis) is 1. The van der Waals surface area contributed by atoms with Crippen LogP contribution in [-0.2, 0) is 11.3 Å². The highest BCUT2D eigenvalue weighted by Gasteiger charge is 2.12. The van der Waals surface area contributed by atoms with Crippen LogP contribution in [0.25, 0.3) is 0 Å². The van der Waals surface area contributed by atoms with Crippen LogP contribution in [0.15, 0.2) is 48.5 Å². The van der Waals surface area contributed by atoms with Crippen LogP contribution in [0, 0.1) is 27.8 Å². The lowest BCUT2D eigenvalue weighted by atomic mass is 10.2. The molecule has 0 saturated carbocycles. The van der Waals surface area contributed by atoms with E-state index in [1.165, 1.54) is 0 Å². The van der Waals surface area contributed by atoms with Crippen molar-refractivity contribution in [3.05, 3.63) is 75.6 Å². The van der Waals surface area contributed by atoms with Gasteiger partial charge in [0.25, 0.3) is 5.69 Å². The number of ether oxygens (including phenoxy) is 1. The summed E-state index contributed by atoms with van der Waals surface area (Å²) < 4.78 is 18.1. The van der Waals surface area contributed by atoms with Gasteiger partial charge in [0, 0.05) is 6.07 Å². The number of halogens is 1. The highest BCUT2D eigenvalue weighted by Crippen LogP contribution is 2.18. The summed E-state index contributed by atoms with van der Waals surface area (Å²) >= 11 is 0. The Morgan fingerprint density at radius 2 is 2.00 bits per heavy atom. The molecule has 6 nitrogen and oxygen atoms in total. The number of nitrogens with one attached hydrogen (secondary N) is 1. The summed E-state index contributed by atoms with van der Waals surface area (Å²) in [4.78, 5) is 21.7. The molecule has 2 rings (SSSR count). The Bertz CT molecular complexity index is 797. The highest BCUT2D eigenvalue weighted by atomic mass is 19.1. The maximum atomic E-state index is 13.1. The predicted octanol–water partition coefficient (Wildman–Crippen LogP) is 3.01. The van der Waals surface area contributed by atoms with Gasteiger partial charge in [0.05, 0.1) is 11.5 Å². The van der Waals surface area contributed by atoms with Gasteiger partial charge in [-0.25, -0.2) is 9.18 Å². The Morgan fingerprint density at radius 1 is 1.25 bits per heavy atom. The smallest absolute Gasteiger partial charge is 0.408 e. The second kappa shape index (κ2) is 8.29. The topological polar surface area (TPSA) is 81.5 Å². The minimum absolute atomic E-state index is 0.0561. The summed E-state index contributed by atoms with van der Waals surface area (Å²) in [6.07, 6.45) is -0.665. The fraction of sp³-hybridized carbons (Fsp3) is 0.118. The van der Waals surface area contributed by atoms with Crippen LogP contribution < -0.4 is 5.32 Å². The molecule has 0 saturated heterocycles. The van der Waals surface area contributed by atoms with Crippen molar-refractivity contribution in [2.45, 2.75) is 6.61 Å². The zero-order valence-corrected chi connectivity index (χ0v) is 12.5. The number of hydrogen-bond acceptors (Lipinski definition) is 4. The second-order valence-electron chi connectivity index (χ2n) is 4.64. The van der Waals surface area contributed by atoms with Gasteiger partial charge in [-0.05, 0) is 17.7 Å². The number of nitro benzene ring substituents is 1. The molecule has 7 heteroatoms. The number of rotatable bonds is 4. The second-order valence-corrected chi connectivity index (χ2v) is 4.64. The molecule has 0 aromatic heterocycles. The third-order valence-corrected chi connectivity index (χ3v) is 2.91. The molecule has 0 aliphatic rings. The number of hydrogen-bond donors (Lipinski definition) is 1. The minimum atomic E-state index is -0.665. The van der Waals surface area contributed by atoms with Crippen molar-refractivity contribution in [1.29, 1.82) is 0 Å². The van der Waals surface area contributed by atoms with Gasteiger partial charge in [0.2, 0.25) is 0 Å². The molecule has 2 aromatic rings. The van der Waals surface area contributed by atoms with Gasteiger partial charge in [-0.3, -0.25) is 10.1 Å². The first kappa shape index (κ1) is 17.0. The van der Waals surface area contributed by atoms with Crippen LogP contribution in [0.3, 0.4) is 0 Å². The lowest BCUT2D eigenvalue weighted by molar-refractivity contribution is -0.385.